The molecule has 0 N–H and O–H groups in total. The molecule has 6 rings (SSSR count). The Balaban J connectivity index is 1.15. The van der Waals surface area contributed by atoms with Gasteiger partial charge in [0.25, 0.3) is 0 Å². The molecule has 0 unspecified atom stereocenters. The molecule has 2 saturated heterocycles. The predicted octanol–water partition coefficient (Wildman–Crippen LogP) is 5.13. The number of pyridine rings is 1. The number of halogens is 2. The first-order valence-corrected chi connectivity index (χ1v) is 14.9. The van der Waals surface area contributed by atoms with Crippen molar-refractivity contribution >= 4 is 34.4 Å². The van der Waals surface area contributed by atoms with Gasteiger partial charge in [-0.2, -0.15) is 10.2 Å². The number of rotatable bonds is 9. The van der Waals surface area contributed by atoms with Gasteiger partial charge in [-0.15, -0.1) is 0 Å². The van der Waals surface area contributed by atoms with Crippen LogP contribution >= 0.6 is 11.6 Å². The number of nitriles is 1. The molecule has 2 aliphatic heterocycles. The molecule has 12 heteroatoms. The number of ether oxygens (including phenoxy) is 3. The van der Waals surface area contributed by atoms with Crippen LogP contribution in [0.1, 0.15) is 46.7 Å². The van der Waals surface area contributed by atoms with Crippen LogP contribution in [-0.2, 0) is 22.6 Å². The summed E-state index contributed by atoms with van der Waals surface area (Å²) in [4.78, 5) is 26.4. The Labute approximate surface area is 259 Å². The lowest BCUT2D eigenvalue weighted by molar-refractivity contribution is -0.0594. The smallest absolute Gasteiger partial charge is 0.337 e. The van der Waals surface area contributed by atoms with Gasteiger partial charge in [0, 0.05) is 49.4 Å². The number of carbonyl (C=O) groups excluding carboxylic acids is 1. The Hall–Kier alpha value is -4.24. The van der Waals surface area contributed by atoms with Crippen LogP contribution in [0, 0.1) is 17.1 Å². The molecule has 4 aromatic rings. The Morgan fingerprint density at radius 1 is 1.16 bits per heavy atom. The second-order valence-electron chi connectivity index (χ2n) is 10.9. The van der Waals surface area contributed by atoms with Crippen molar-refractivity contribution in [2.45, 2.75) is 38.6 Å². The third-order valence-electron chi connectivity index (χ3n) is 8.25. The van der Waals surface area contributed by atoms with Gasteiger partial charge < -0.3 is 23.7 Å². The monoisotopic (exact) mass is 618 g/mol. The van der Waals surface area contributed by atoms with Gasteiger partial charge in [-0.3, -0.25) is 4.90 Å². The van der Waals surface area contributed by atoms with Crippen molar-refractivity contribution in [1.82, 2.24) is 19.4 Å². The van der Waals surface area contributed by atoms with E-state index in [1.165, 1.54) is 19.2 Å². The zero-order chi connectivity index (χ0) is 30.8. The number of piperazine rings is 1. The normalized spacial score (nSPS) is 17.6. The number of methoxy groups -OCH3 is 1. The van der Waals surface area contributed by atoms with Crippen molar-refractivity contribution in [2.75, 3.05) is 44.8 Å². The van der Waals surface area contributed by atoms with E-state index in [-0.39, 0.29) is 30.3 Å². The van der Waals surface area contributed by atoms with Gasteiger partial charge in [0.1, 0.15) is 24.1 Å². The van der Waals surface area contributed by atoms with Crippen LogP contribution < -0.4 is 9.64 Å². The van der Waals surface area contributed by atoms with Gasteiger partial charge in [0.2, 0.25) is 5.88 Å². The first-order valence-electron chi connectivity index (χ1n) is 14.5. The second-order valence-corrected chi connectivity index (χ2v) is 11.4. The number of aromatic nitrogens is 3. The van der Waals surface area contributed by atoms with E-state index in [4.69, 9.17) is 36.1 Å². The van der Waals surface area contributed by atoms with E-state index in [1.807, 2.05) is 18.2 Å². The lowest BCUT2D eigenvalue weighted by Crippen LogP contribution is -2.48. The fourth-order valence-corrected chi connectivity index (χ4v) is 5.80. The van der Waals surface area contributed by atoms with Gasteiger partial charge in [-0.1, -0.05) is 17.7 Å². The van der Waals surface area contributed by atoms with Gasteiger partial charge in [0.05, 0.1) is 54.0 Å². The molecular weight excluding hydrogens is 587 g/mol. The van der Waals surface area contributed by atoms with Crippen LogP contribution in [0.15, 0.2) is 48.5 Å². The van der Waals surface area contributed by atoms with Crippen molar-refractivity contribution in [2.24, 2.45) is 0 Å². The third kappa shape index (κ3) is 6.19. The lowest BCUT2D eigenvalue weighted by Gasteiger charge is -2.38. The number of esters is 1. The van der Waals surface area contributed by atoms with Gasteiger partial charge in [0.15, 0.2) is 0 Å². The minimum atomic E-state index is -0.505. The number of imidazole rings is 1. The molecule has 228 valence electrons. The largest absolute Gasteiger partial charge is 0.473 e. The molecule has 0 saturated carbocycles. The average molecular weight is 619 g/mol. The van der Waals surface area contributed by atoms with Crippen molar-refractivity contribution in [3.8, 4) is 11.9 Å². The molecule has 0 spiro atoms. The molecule has 0 radical (unpaired) electrons. The molecule has 2 atom stereocenters. The Morgan fingerprint density at radius 2 is 1.95 bits per heavy atom. The molecular formula is C32H32ClFN6O4. The van der Waals surface area contributed by atoms with E-state index in [9.17, 15) is 9.18 Å². The zero-order valence-electron chi connectivity index (χ0n) is 24.5. The molecule has 0 amide bonds. The number of nitrogens with zero attached hydrogens (tertiary/aromatic N) is 6. The number of anilines is 1. The molecule has 2 aliphatic rings. The van der Waals surface area contributed by atoms with Crippen molar-refractivity contribution < 1.29 is 23.4 Å². The van der Waals surface area contributed by atoms with Crippen LogP contribution in [0.25, 0.3) is 11.0 Å². The Morgan fingerprint density at radius 3 is 2.64 bits per heavy atom. The minimum absolute atomic E-state index is 0.0136. The summed E-state index contributed by atoms with van der Waals surface area (Å²) >= 11 is 6.42. The molecule has 2 fully saturated rings. The maximum atomic E-state index is 14.3. The van der Waals surface area contributed by atoms with Crippen LogP contribution in [-0.4, -0.2) is 71.4 Å². The Kier molecular flexibility index (Phi) is 8.66. The zero-order valence-corrected chi connectivity index (χ0v) is 25.3. The second kappa shape index (κ2) is 12.8. The maximum absolute atomic E-state index is 14.3. The highest BCUT2D eigenvalue weighted by Gasteiger charge is 2.29. The number of hydrogen-bond donors (Lipinski definition) is 0. The standard InChI is InChI=1S/C32H32ClFN6O4/c1-20(31-36-27-6-5-22(32(41)42-2)14-28(27)40(31)18-25-7-12-43-25)38-8-10-39(11-9-38)29-15-24(33)16-30(37-29)44-19-23-4-3-21(17-35)13-26(23)34/h3-6,13-16,20,25H,7-12,18-19H2,1-2H3/t20-,25-/m0/s1. The number of carbonyl (C=O) groups is 1. The summed E-state index contributed by atoms with van der Waals surface area (Å²) in [7, 11) is 1.38. The molecule has 10 nitrogen and oxygen atoms in total. The van der Waals surface area contributed by atoms with Crippen LogP contribution in [0.4, 0.5) is 10.2 Å². The summed E-state index contributed by atoms with van der Waals surface area (Å²) in [5.41, 5.74) is 2.78. The summed E-state index contributed by atoms with van der Waals surface area (Å²) in [6.07, 6.45) is 1.11. The van der Waals surface area contributed by atoms with Gasteiger partial charge in [-0.25, -0.2) is 14.2 Å². The van der Waals surface area contributed by atoms with Crippen LogP contribution in [0.2, 0.25) is 5.02 Å². The minimum Gasteiger partial charge on any atom is -0.473 e. The summed E-state index contributed by atoms with van der Waals surface area (Å²) in [5, 5.41) is 9.44. The highest BCUT2D eigenvalue weighted by Crippen LogP contribution is 2.30. The third-order valence-corrected chi connectivity index (χ3v) is 8.47. The molecule has 2 aromatic heterocycles. The van der Waals surface area contributed by atoms with Gasteiger partial charge in [-0.05, 0) is 49.7 Å². The van der Waals surface area contributed by atoms with Crippen LogP contribution in [0.5, 0.6) is 5.88 Å². The first kappa shape index (κ1) is 29.8. The van der Waals surface area contributed by atoms with E-state index < -0.39 is 5.82 Å². The van der Waals surface area contributed by atoms with E-state index >= 15 is 0 Å². The van der Waals surface area contributed by atoms with E-state index in [2.05, 4.69) is 26.3 Å². The SMILES string of the molecule is COC(=O)c1ccc2nc([C@H](C)N3CCN(c4cc(Cl)cc(OCc5ccc(C#N)cc5F)n4)CC3)n(C[C@@H]3CCO3)c2c1. The highest BCUT2D eigenvalue weighted by atomic mass is 35.5. The predicted molar refractivity (Wildman–Crippen MR) is 162 cm³/mol. The van der Waals surface area contributed by atoms with E-state index in [0.29, 0.717) is 47.5 Å². The number of benzene rings is 2. The summed E-state index contributed by atoms with van der Waals surface area (Å²) in [6, 6.07) is 15.1. The number of fused-ring (bicyclic) bond motifs is 1. The lowest BCUT2D eigenvalue weighted by atomic mass is 10.1. The molecule has 0 aliphatic carbocycles. The molecule has 44 heavy (non-hydrogen) atoms. The topological polar surface area (TPSA) is 106 Å². The van der Waals surface area contributed by atoms with Crippen LogP contribution in [0.3, 0.4) is 0 Å². The summed E-state index contributed by atoms with van der Waals surface area (Å²) in [6.45, 7) is 6.49. The molecule has 0 bridgehead atoms. The maximum Gasteiger partial charge on any atom is 0.337 e. The average Bonchev–Trinajstić information content (AvgIpc) is 3.38. The molecule has 4 heterocycles. The van der Waals surface area contributed by atoms with Crippen molar-refractivity contribution in [1.29, 1.82) is 5.26 Å². The first-order chi connectivity index (χ1) is 21.3. The van der Waals surface area contributed by atoms with Gasteiger partial charge >= 0.3 is 5.97 Å². The quantitative estimate of drug-likeness (QED) is 0.236. The summed E-state index contributed by atoms with van der Waals surface area (Å²) < 4.78 is 33.0. The molecule has 2 aromatic carbocycles. The fourth-order valence-electron chi connectivity index (χ4n) is 5.61. The number of hydrogen-bond acceptors (Lipinski definition) is 9. The van der Waals surface area contributed by atoms with E-state index in [1.54, 1.807) is 24.3 Å². The van der Waals surface area contributed by atoms with E-state index in [0.717, 1.165) is 43.0 Å². The van der Waals surface area contributed by atoms with Crippen molar-refractivity contribution in [3.05, 3.63) is 81.9 Å². The fraction of sp³-hybridized carbons (Fsp3) is 0.375. The summed E-state index contributed by atoms with van der Waals surface area (Å²) in [5.74, 6) is 1.02. The highest BCUT2D eigenvalue weighted by molar-refractivity contribution is 6.30. The Bertz CT molecular complexity index is 1730. The van der Waals surface area contributed by atoms with Crippen molar-refractivity contribution in [3.63, 3.8) is 0 Å².